The summed E-state index contributed by atoms with van der Waals surface area (Å²) in [5.41, 5.74) is 1.69. The molecule has 1 rings (SSSR count). The van der Waals surface area contributed by atoms with Crippen LogP contribution in [0.15, 0.2) is 18.2 Å². The molecule has 0 aliphatic heterocycles. The van der Waals surface area contributed by atoms with Crippen LogP contribution in [0.3, 0.4) is 0 Å². The van der Waals surface area contributed by atoms with Crippen LogP contribution >= 0.6 is 24.8 Å². The van der Waals surface area contributed by atoms with Gasteiger partial charge in [-0.05, 0) is 29.7 Å². The highest BCUT2D eigenvalue weighted by Crippen LogP contribution is 2.27. The van der Waals surface area contributed by atoms with E-state index in [1.165, 1.54) is 0 Å². The highest BCUT2D eigenvalue weighted by atomic mass is 32.1. The van der Waals surface area contributed by atoms with Gasteiger partial charge in [-0.2, -0.15) is 5.26 Å². The second-order valence-electron chi connectivity index (χ2n) is 3.34. The smallest absolute Gasteiger partial charge is 0.115 e. The maximum absolute atomic E-state index is 9.39. The molecule has 0 aromatic heterocycles. The minimum absolute atomic E-state index is 0.0437. The molecule has 0 spiro atoms. The molecule has 1 N–H and O–H groups in total. The highest BCUT2D eigenvalue weighted by Gasteiger charge is 2.12. The van der Waals surface area contributed by atoms with Crippen LogP contribution in [0.2, 0.25) is 0 Å². The Hall–Kier alpha value is -1.05. The van der Waals surface area contributed by atoms with E-state index >= 15 is 0 Å². The van der Waals surface area contributed by atoms with Gasteiger partial charge in [0.1, 0.15) is 5.75 Å². The van der Waals surface area contributed by atoms with E-state index in [-0.39, 0.29) is 11.7 Å². The lowest BCUT2D eigenvalue weighted by Gasteiger charge is -2.13. The van der Waals surface area contributed by atoms with E-state index in [0.717, 1.165) is 11.1 Å². The molecule has 1 atom stereocenters. The van der Waals surface area contributed by atoms with E-state index in [9.17, 15) is 5.11 Å². The molecule has 0 amide bonds. The number of benzene rings is 1. The first-order chi connectivity index (χ1) is 7.06. The number of thiocarbonyl (C=S) groups is 1. The first-order valence-electron chi connectivity index (χ1n) is 4.49. The van der Waals surface area contributed by atoms with Crippen molar-refractivity contribution < 1.29 is 5.11 Å². The molecule has 1 aromatic rings. The van der Waals surface area contributed by atoms with Gasteiger partial charge in [0, 0.05) is 12.0 Å². The number of rotatable bonds is 3. The first-order valence-corrected chi connectivity index (χ1v) is 5.35. The van der Waals surface area contributed by atoms with Crippen molar-refractivity contribution in [2.45, 2.75) is 19.3 Å². The first kappa shape index (κ1) is 12.0. The van der Waals surface area contributed by atoms with Gasteiger partial charge in [0.15, 0.2) is 0 Å². The maximum Gasteiger partial charge on any atom is 0.115 e. The molecule has 0 radical (unpaired) electrons. The zero-order valence-corrected chi connectivity index (χ0v) is 9.98. The number of hydrogen-bond donors (Lipinski definition) is 2. The summed E-state index contributed by atoms with van der Waals surface area (Å²) in [5, 5.41) is 18.0. The van der Waals surface area contributed by atoms with Crippen molar-refractivity contribution >= 4 is 29.0 Å². The molecule has 0 saturated heterocycles. The summed E-state index contributed by atoms with van der Waals surface area (Å²) in [5.74, 6) is 0.227. The Morgan fingerprint density at radius 2 is 2.33 bits per heavy atom. The van der Waals surface area contributed by atoms with E-state index in [4.69, 9.17) is 17.5 Å². The number of nitriles is 1. The van der Waals surface area contributed by atoms with Crippen molar-refractivity contribution in [3.05, 3.63) is 29.3 Å². The summed E-state index contributed by atoms with van der Waals surface area (Å²) < 4.78 is 0.481. The summed E-state index contributed by atoms with van der Waals surface area (Å²) in [6.45, 7) is 1.92. The van der Waals surface area contributed by atoms with E-state index < -0.39 is 0 Å². The van der Waals surface area contributed by atoms with E-state index in [1.54, 1.807) is 18.2 Å². The van der Waals surface area contributed by atoms with Crippen molar-refractivity contribution in [1.82, 2.24) is 0 Å². The molecule has 2 nitrogen and oxygen atoms in total. The quantitative estimate of drug-likeness (QED) is 0.627. The topological polar surface area (TPSA) is 44.0 Å². The van der Waals surface area contributed by atoms with Crippen LogP contribution in [-0.4, -0.2) is 9.30 Å². The second kappa shape index (κ2) is 5.15. The zero-order valence-electron chi connectivity index (χ0n) is 8.27. The van der Waals surface area contributed by atoms with Crippen molar-refractivity contribution in [3.63, 3.8) is 0 Å². The number of phenols is 1. The lowest BCUT2D eigenvalue weighted by Crippen LogP contribution is -2.00. The Labute approximate surface area is 100.0 Å². The average Bonchev–Trinajstić information content (AvgIpc) is 2.17. The summed E-state index contributed by atoms with van der Waals surface area (Å²) in [4.78, 5) is 0. The molecule has 0 bridgehead atoms. The van der Waals surface area contributed by atoms with Crippen LogP contribution in [0, 0.1) is 11.3 Å². The standard InChI is InChI=1S/C11H11NOS2/c1-7(4-5-12)10-6-8(13)2-3-9(10)11(14)15/h2-3,6-7,13H,4H2,1H3,(H,14,15). The predicted molar refractivity (Wildman–Crippen MR) is 67.4 cm³/mol. The fourth-order valence-electron chi connectivity index (χ4n) is 1.40. The SMILES string of the molecule is CC(CC#N)c1cc(O)ccc1C(=S)S. The molecular formula is C11H11NOS2. The van der Waals surface area contributed by atoms with Gasteiger partial charge in [0.2, 0.25) is 0 Å². The summed E-state index contributed by atoms with van der Waals surface area (Å²) in [7, 11) is 0. The molecule has 0 aliphatic rings. The third-order valence-electron chi connectivity index (χ3n) is 2.19. The maximum atomic E-state index is 9.39. The molecule has 1 unspecified atom stereocenters. The Morgan fingerprint density at radius 1 is 1.67 bits per heavy atom. The summed E-state index contributed by atoms with van der Waals surface area (Å²) in [6.07, 6.45) is 0.396. The Bertz CT molecular complexity index is 423. The zero-order chi connectivity index (χ0) is 11.4. The Kier molecular flexibility index (Phi) is 4.13. The Balaban J connectivity index is 3.19. The minimum Gasteiger partial charge on any atom is -0.508 e. The molecule has 4 heteroatoms. The number of aromatic hydroxyl groups is 1. The Morgan fingerprint density at radius 3 is 2.87 bits per heavy atom. The van der Waals surface area contributed by atoms with E-state index in [0.29, 0.717) is 10.6 Å². The van der Waals surface area contributed by atoms with Gasteiger partial charge in [-0.25, -0.2) is 0 Å². The molecule has 0 fully saturated rings. The van der Waals surface area contributed by atoms with Crippen LogP contribution in [0.25, 0.3) is 0 Å². The predicted octanol–water partition coefficient (Wildman–Crippen LogP) is 3.01. The minimum atomic E-state index is 0.0437. The largest absolute Gasteiger partial charge is 0.508 e. The molecule has 15 heavy (non-hydrogen) atoms. The van der Waals surface area contributed by atoms with Crippen LogP contribution in [0.5, 0.6) is 5.75 Å². The van der Waals surface area contributed by atoms with Crippen molar-refractivity contribution in [1.29, 1.82) is 5.26 Å². The number of hydrogen-bond acceptors (Lipinski definition) is 3. The van der Waals surface area contributed by atoms with Crippen molar-refractivity contribution in [3.8, 4) is 11.8 Å². The summed E-state index contributed by atoms with van der Waals surface area (Å²) in [6, 6.07) is 7.04. The third-order valence-corrected chi connectivity index (χ3v) is 2.65. The average molecular weight is 237 g/mol. The van der Waals surface area contributed by atoms with Gasteiger partial charge >= 0.3 is 0 Å². The molecular weight excluding hydrogens is 226 g/mol. The molecule has 1 aromatic carbocycles. The number of nitrogens with zero attached hydrogens (tertiary/aromatic N) is 1. The molecule has 78 valence electrons. The van der Waals surface area contributed by atoms with Gasteiger partial charge in [0.05, 0.1) is 10.3 Å². The van der Waals surface area contributed by atoms with Crippen LogP contribution in [0.4, 0.5) is 0 Å². The van der Waals surface area contributed by atoms with E-state index in [2.05, 4.69) is 18.7 Å². The lowest BCUT2D eigenvalue weighted by atomic mass is 9.94. The normalized spacial score (nSPS) is 11.8. The van der Waals surface area contributed by atoms with Crippen LogP contribution in [0.1, 0.15) is 30.4 Å². The van der Waals surface area contributed by atoms with Gasteiger partial charge < -0.3 is 5.11 Å². The fourth-order valence-corrected chi connectivity index (χ4v) is 1.79. The van der Waals surface area contributed by atoms with Crippen molar-refractivity contribution in [2.75, 3.05) is 0 Å². The van der Waals surface area contributed by atoms with Gasteiger partial charge in [0.25, 0.3) is 0 Å². The van der Waals surface area contributed by atoms with Crippen LogP contribution < -0.4 is 0 Å². The third kappa shape index (κ3) is 2.95. The van der Waals surface area contributed by atoms with Gasteiger partial charge in [-0.3, -0.25) is 0 Å². The van der Waals surface area contributed by atoms with Gasteiger partial charge in [-0.1, -0.05) is 19.1 Å². The lowest BCUT2D eigenvalue weighted by molar-refractivity contribution is 0.474. The molecule has 0 saturated carbocycles. The summed E-state index contributed by atoms with van der Waals surface area (Å²) >= 11 is 9.12. The second-order valence-corrected chi connectivity index (χ2v) is 4.50. The van der Waals surface area contributed by atoms with Gasteiger partial charge in [-0.15, -0.1) is 12.6 Å². The van der Waals surface area contributed by atoms with Crippen LogP contribution in [-0.2, 0) is 0 Å². The fraction of sp³-hybridized carbons (Fsp3) is 0.273. The van der Waals surface area contributed by atoms with E-state index in [1.807, 2.05) is 6.92 Å². The number of thiol groups is 1. The van der Waals surface area contributed by atoms with Crippen molar-refractivity contribution in [2.24, 2.45) is 0 Å². The molecule has 0 aliphatic carbocycles. The molecule has 0 heterocycles. The monoisotopic (exact) mass is 237 g/mol. The highest BCUT2D eigenvalue weighted by molar-refractivity contribution is 8.11. The number of phenolic OH excluding ortho intramolecular Hbond substituents is 1.